The lowest BCUT2D eigenvalue weighted by Crippen LogP contribution is -2.53. The smallest absolute Gasteiger partial charge is 0.308 e. The standard InChI is InChI=1S/C29H54O5Si2/c1-21(2)36(22(3)4,23(5)6)34-28(27-19-26(32-9)20-29(30)33-27)18-24(7)15-16-25(31-8)14-13-17-35(10,11)12/h13,15-18,21-23,25-28H,14,19-20H2,1-12H3/b16-15+,17-13-,24-18+/t25-,26-,27-,28-/m1/s1. The van der Waals surface area contributed by atoms with E-state index >= 15 is 0 Å². The average molecular weight is 539 g/mol. The van der Waals surface area contributed by atoms with Gasteiger partial charge >= 0.3 is 5.97 Å². The molecule has 5 nitrogen and oxygen atoms in total. The summed E-state index contributed by atoms with van der Waals surface area (Å²) in [5.74, 6) is -0.215. The summed E-state index contributed by atoms with van der Waals surface area (Å²) < 4.78 is 24.3. The summed E-state index contributed by atoms with van der Waals surface area (Å²) in [4.78, 5) is 12.4. The normalized spacial score (nSPS) is 22.3. The van der Waals surface area contributed by atoms with Gasteiger partial charge in [-0.25, -0.2) is 0 Å². The van der Waals surface area contributed by atoms with Crippen LogP contribution in [0.3, 0.4) is 0 Å². The Hall–Kier alpha value is -0.996. The molecule has 0 unspecified atom stereocenters. The van der Waals surface area contributed by atoms with Gasteiger partial charge in [0.1, 0.15) is 12.2 Å². The van der Waals surface area contributed by atoms with E-state index in [2.05, 4.69) is 98.1 Å². The predicted octanol–water partition coefficient (Wildman–Crippen LogP) is 7.61. The van der Waals surface area contributed by atoms with Crippen LogP contribution in [0.25, 0.3) is 0 Å². The van der Waals surface area contributed by atoms with Gasteiger partial charge in [0.2, 0.25) is 8.32 Å². The molecule has 1 aliphatic heterocycles. The van der Waals surface area contributed by atoms with Crippen molar-refractivity contribution in [2.24, 2.45) is 0 Å². The first kappa shape index (κ1) is 33.0. The molecule has 0 aromatic heterocycles. The largest absolute Gasteiger partial charge is 0.459 e. The van der Waals surface area contributed by atoms with Gasteiger partial charge in [-0.15, -0.1) is 0 Å². The molecule has 1 saturated heterocycles. The first-order chi connectivity index (χ1) is 16.7. The Bertz CT molecular complexity index is 742. The van der Waals surface area contributed by atoms with Gasteiger partial charge < -0.3 is 18.6 Å². The Morgan fingerprint density at radius 1 is 1.06 bits per heavy atom. The molecule has 0 radical (unpaired) electrons. The van der Waals surface area contributed by atoms with Crippen LogP contribution < -0.4 is 0 Å². The number of cyclic esters (lactones) is 1. The number of ether oxygens (including phenoxy) is 3. The number of carbonyl (C=O) groups excluding carboxylic acids is 1. The molecule has 0 amide bonds. The van der Waals surface area contributed by atoms with Crippen molar-refractivity contribution < 1.29 is 23.4 Å². The third-order valence-corrected chi connectivity index (χ3v) is 14.5. The summed E-state index contributed by atoms with van der Waals surface area (Å²) in [5.41, 5.74) is 4.72. The number of methoxy groups -OCH3 is 2. The molecule has 1 aliphatic rings. The second-order valence-electron chi connectivity index (χ2n) is 12.3. The van der Waals surface area contributed by atoms with E-state index in [9.17, 15) is 4.79 Å². The van der Waals surface area contributed by atoms with E-state index in [1.807, 2.05) is 0 Å². The van der Waals surface area contributed by atoms with Gasteiger partial charge in [-0.1, -0.05) is 96.8 Å². The molecule has 0 aliphatic carbocycles. The zero-order valence-electron chi connectivity index (χ0n) is 25.1. The lowest BCUT2D eigenvalue weighted by Gasteiger charge is -2.46. The molecule has 0 aromatic rings. The van der Waals surface area contributed by atoms with E-state index < -0.39 is 16.4 Å². The van der Waals surface area contributed by atoms with Crippen LogP contribution in [-0.4, -0.2) is 61.0 Å². The number of carbonyl (C=O) groups is 1. The fourth-order valence-corrected chi connectivity index (χ4v) is 11.8. The van der Waals surface area contributed by atoms with Crippen LogP contribution in [0.5, 0.6) is 0 Å². The van der Waals surface area contributed by atoms with Gasteiger partial charge in [0.25, 0.3) is 0 Å². The van der Waals surface area contributed by atoms with Crippen LogP contribution in [-0.2, 0) is 23.4 Å². The molecular weight excluding hydrogens is 484 g/mol. The average Bonchev–Trinajstić information content (AvgIpc) is 2.76. The zero-order chi connectivity index (χ0) is 27.7. The van der Waals surface area contributed by atoms with E-state index in [1.165, 1.54) is 0 Å². The number of allylic oxidation sites excluding steroid dienone is 2. The van der Waals surface area contributed by atoms with Crippen molar-refractivity contribution in [1.29, 1.82) is 0 Å². The second kappa shape index (κ2) is 14.8. The van der Waals surface area contributed by atoms with Gasteiger partial charge in [-0.3, -0.25) is 4.79 Å². The summed E-state index contributed by atoms with van der Waals surface area (Å²) >= 11 is 0. The molecule has 208 valence electrons. The number of hydrogen-bond acceptors (Lipinski definition) is 5. The summed E-state index contributed by atoms with van der Waals surface area (Å²) in [5, 5.41) is 0. The number of esters is 1. The molecule has 36 heavy (non-hydrogen) atoms. The predicted molar refractivity (Wildman–Crippen MR) is 157 cm³/mol. The third-order valence-electron chi connectivity index (χ3n) is 7.21. The van der Waals surface area contributed by atoms with Crippen LogP contribution in [0.15, 0.2) is 35.6 Å². The van der Waals surface area contributed by atoms with Crippen molar-refractivity contribution in [3.63, 3.8) is 0 Å². The monoisotopic (exact) mass is 538 g/mol. The molecule has 0 saturated carbocycles. The van der Waals surface area contributed by atoms with Gasteiger partial charge in [0.05, 0.1) is 26.7 Å². The van der Waals surface area contributed by atoms with E-state index in [0.717, 1.165) is 12.0 Å². The Morgan fingerprint density at radius 3 is 2.11 bits per heavy atom. The minimum Gasteiger partial charge on any atom is -0.459 e. The van der Waals surface area contributed by atoms with Crippen molar-refractivity contribution in [2.45, 2.75) is 128 Å². The Kier molecular flexibility index (Phi) is 13.6. The lowest BCUT2D eigenvalue weighted by atomic mass is 9.99. The Balaban J connectivity index is 3.30. The fourth-order valence-electron chi connectivity index (χ4n) is 5.42. The van der Waals surface area contributed by atoms with E-state index in [-0.39, 0.29) is 30.4 Å². The first-order valence-corrected chi connectivity index (χ1v) is 19.3. The highest BCUT2D eigenvalue weighted by atomic mass is 28.4. The Labute approximate surface area is 223 Å². The van der Waals surface area contributed by atoms with Gasteiger partial charge in [0, 0.05) is 20.6 Å². The molecule has 1 fully saturated rings. The topological polar surface area (TPSA) is 54.0 Å². The van der Waals surface area contributed by atoms with Crippen molar-refractivity contribution in [3.8, 4) is 0 Å². The third kappa shape index (κ3) is 10.0. The number of hydrogen-bond donors (Lipinski definition) is 0. The van der Waals surface area contributed by atoms with Crippen molar-refractivity contribution in [2.75, 3.05) is 14.2 Å². The van der Waals surface area contributed by atoms with Crippen molar-refractivity contribution in [3.05, 3.63) is 35.6 Å². The number of rotatable bonds is 14. The SMILES string of the molecule is CO[C@H]1CC(=O)O[C@@H]([C@@H](/C=C(C)/C=C/[C@@H](C/C=C\[Si](C)(C)C)OC)O[Si](C(C)C)(C(C)C)C(C)C)C1. The molecular formula is C29H54O5Si2. The molecule has 0 spiro atoms. The molecule has 0 N–H and O–H groups in total. The van der Waals surface area contributed by atoms with Crippen LogP contribution >= 0.6 is 0 Å². The minimum absolute atomic E-state index is 0.0150. The molecule has 0 aromatic carbocycles. The summed E-state index contributed by atoms with van der Waals surface area (Å²) in [7, 11) is -0.0217. The quantitative estimate of drug-likeness (QED) is 0.129. The maximum absolute atomic E-state index is 12.4. The molecule has 7 heteroatoms. The Morgan fingerprint density at radius 2 is 1.64 bits per heavy atom. The minimum atomic E-state index is -2.21. The van der Waals surface area contributed by atoms with Crippen molar-refractivity contribution >= 4 is 22.4 Å². The van der Waals surface area contributed by atoms with Gasteiger partial charge in [0.15, 0.2) is 0 Å². The lowest BCUT2D eigenvalue weighted by molar-refractivity contribution is -0.167. The molecule has 1 rings (SSSR count). The zero-order valence-corrected chi connectivity index (χ0v) is 27.1. The maximum atomic E-state index is 12.4. The van der Waals surface area contributed by atoms with Crippen LogP contribution in [0, 0.1) is 0 Å². The van der Waals surface area contributed by atoms with Gasteiger partial charge in [-0.2, -0.15) is 0 Å². The first-order valence-electron chi connectivity index (χ1n) is 13.6. The summed E-state index contributed by atoms with van der Waals surface area (Å²) in [6.07, 6.45) is 9.59. The van der Waals surface area contributed by atoms with E-state index in [1.54, 1.807) is 14.2 Å². The molecule has 4 atom stereocenters. The van der Waals surface area contributed by atoms with Gasteiger partial charge in [-0.05, 0) is 30.0 Å². The highest BCUT2D eigenvalue weighted by Crippen LogP contribution is 2.44. The van der Waals surface area contributed by atoms with E-state index in [4.69, 9.17) is 18.6 Å². The fraction of sp³-hybridized carbons (Fsp3) is 0.759. The molecule has 0 bridgehead atoms. The van der Waals surface area contributed by atoms with Crippen LogP contribution in [0.2, 0.25) is 36.3 Å². The van der Waals surface area contributed by atoms with Crippen LogP contribution in [0.1, 0.15) is 67.7 Å². The maximum Gasteiger partial charge on any atom is 0.308 e. The van der Waals surface area contributed by atoms with Crippen molar-refractivity contribution in [1.82, 2.24) is 0 Å². The second-order valence-corrected chi connectivity index (χ2v) is 22.7. The molecule has 1 heterocycles. The van der Waals surface area contributed by atoms with E-state index in [0.29, 0.717) is 29.5 Å². The summed E-state index contributed by atoms with van der Waals surface area (Å²) in [6.45, 7) is 22.7. The highest BCUT2D eigenvalue weighted by molar-refractivity contribution is 6.81. The highest BCUT2D eigenvalue weighted by Gasteiger charge is 2.48. The summed E-state index contributed by atoms with van der Waals surface area (Å²) in [6, 6.07) is 0. The van der Waals surface area contributed by atoms with Crippen LogP contribution in [0.4, 0.5) is 0 Å².